The van der Waals surface area contributed by atoms with E-state index in [0.717, 1.165) is 26.3 Å². The van der Waals surface area contributed by atoms with Crippen molar-refractivity contribution in [2.24, 2.45) is 0 Å². The molecular weight excluding hydrogens is 392 g/mol. The number of aryl methyl sites for hydroxylation is 1. The highest BCUT2D eigenvalue weighted by atomic mass is 79.9. The van der Waals surface area contributed by atoms with Gasteiger partial charge in [0.1, 0.15) is 9.88 Å². The van der Waals surface area contributed by atoms with Crippen LogP contribution in [0.25, 0.3) is 10.6 Å². The quantitative estimate of drug-likeness (QED) is 0.595. The van der Waals surface area contributed by atoms with E-state index in [4.69, 9.17) is 0 Å². The van der Waals surface area contributed by atoms with Crippen molar-refractivity contribution in [3.05, 3.63) is 61.7 Å². The smallest absolute Gasteiger partial charge is 0.265 e. The molecule has 3 aromatic rings. The normalized spacial score (nSPS) is 10.7. The summed E-state index contributed by atoms with van der Waals surface area (Å²) in [5.41, 5.74) is 2.96. The van der Waals surface area contributed by atoms with Gasteiger partial charge in [-0.15, -0.1) is 11.3 Å². The number of carbonyl (C=O) groups excluding carboxylic acids is 1. The van der Waals surface area contributed by atoms with E-state index in [0.29, 0.717) is 11.4 Å². The van der Waals surface area contributed by atoms with E-state index in [2.05, 4.69) is 26.3 Å². The van der Waals surface area contributed by atoms with Crippen LogP contribution in [0.2, 0.25) is 0 Å². The summed E-state index contributed by atoms with van der Waals surface area (Å²) in [4.78, 5) is 19.7. The van der Waals surface area contributed by atoms with Crippen LogP contribution in [0.15, 0.2) is 45.6 Å². The summed E-state index contributed by atoms with van der Waals surface area (Å²) in [5, 5.41) is 4.98. The minimum absolute atomic E-state index is 0.0113. The number of nitrogens with zero attached hydrogens (tertiary/aromatic N) is 2. The Balaban J connectivity index is 1.81. The second-order valence-corrected chi connectivity index (χ2v) is 7.83. The molecule has 0 unspecified atom stereocenters. The molecular formula is C17H15BrN2OS2. The Morgan fingerprint density at radius 2 is 2.09 bits per heavy atom. The lowest BCUT2D eigenvalue weighted by Crippen LogP contribution is -2.26. The van der Waals surface area contributed by atoms with Crippen molar-refractivity contribution >= 4 is 44.5 Å². The highest BCUT2D eigenvalue weighted by Crippen LogP contribution is 2.30. The molecule has 118 valence electrons. The van der Waals surface area contributed by atoms with Crippen LogP contribution in [0.4, 0.5) is 0 Å². The van der Waals surface area contributed by atoms with Crippen molar-refractivity contribution in [2.45, 2.75) is 13.5 Å². The van der Waals surface area contributed by atoms with E-state index < -0.39 is 0 Å². The van der Waals surface area contributed by atoms with Gasteiger partial charge in [-0.2, -0.15) is 11.3 Å². The zero-order valence-corrected chi connectivity index (χ0v) is 16.0. The number of thiophene rings is 1. The molecule has 0 bridgehead atoms. The van der Waals surface area contributed by atoms with E-state index in [1.165, 1.54) is 11.3 Å². The molecule has 0 spiro atoms. The first-order valence-electron chi connectivity index (χ1n) is 7.05. The number of amides is 1. The summed E-state index contributed by atoms with van der Waals surface area (Å²) in [6.07, 6.45) is 0. The highest BCUT2D eigenvalue weighted by molar-refractivity contribution is 9.10. The molecule has 1 aromatic carbocycles. The minimum Gasteiger partial charge on any atom is -0.337 e. The zero-order chi connectivity index (χ0) is 16.4. The molecule has 0 saturated carbocycles. The van der Waals surface area contributed by atoms with Gasteiger partial charge in [-0.3, -0.25) is 4.79 Å². The number of benzene rings is 1. The summed E-state index contributed by atoms with van der Waals surface area (Å²) in [5.74, 6) is 0.0113. The minimum atomic E-state index is 0.0113. The lowest BCUT2D eigenvalue weighted by Gasteiger charge is -2.17. The fourth-order valence-corrected chi connectivity index (χ4v) is 4.41. The number of thiazole rings is 1. The van der Waals surface area contributed by atoms with Crippen LogP contribution in [0.5, 0.6) is 0 Å². The molecule has 0 saturated heterocycles. The molecule has 0 N–H and O–H groups in total. The standard InChI is InChI=1S/C17H15BrN2OS2/c1-11-15(23-16(19-11)13-7-8-22-10-13)17(21)20(2)9-12-5-3-4-6-14(12)18/h3-8,10H,9H2,1-2H3. The van der Waals surface area contributed by atoms with Gasteiger partial charge in [-0.25, -0.2) is 4.98 Å². The number of hydrogen-bond acceptors (Lipinski definition) is 4. The molecule has 0 fully saturated rings. The van der Waals surface area contributed by atoms with E-state index >= 15 is 0 Å². The molecule has 3 nitrogen and oxygen atoms in total. The third-order valence-corrected chi connectivity index (χ3v) is 6.12. The summed E-state index contributed by atoms with van der Waals surface area (Å²) in [6.45, 7) is 2.46. The van der Waals surface area contributed by atoms with Gasteiger partial charge in [0.2, 0.25) is 0 Å². The Morgan fingerprint density at radius 3 is 2.78 bits per heavy atom. The van der Waals surface area contributed by atoms with Crippen LogP contribution in [-0.4, -0.2) is 22.8 Å². The number of rotatable bonds is 4. The maximum atomic E-state index is 12.7. The van der Waals surface area contributed by atoms with E-state index in [-0.39, 0.29) is 5.91 Å². The van der Waals surface area contributed by atoms with E-state index in [1.807, 2.05) is 49.7 Å². The molecule has 0 radical (unpaired) electrons. The van der Waals surface area contributed by atoms with Crippen molar-refractivity contribution in [3.8, 4) is 10.6 Å². The molecule has 0 aliphatic heterocycles. The SMILES string of the molecule is Cc1nc(-c2ccsc2)sc1C(=O)N(C)Cc1ccccc1Br. The topological polar surface area (TPSA) is 33.2 Å². The summed E-state index contributed by atoms with van der Waals surface area (Å²) in [7, 11) is 1.82. The van der Waals surface area contributed by atoms with E-state index in [9.17, 15) is 4.79 Å². The van der Waals surface area contributed by atoms with Crippen molar-refractivity contribution < 1.29 is 4.79 Å². The molecule has 1 amide bonds. The summed E-state index contributed by atoms with van der Waals surface area (Å²) < 4.78 is 1.01. The molecule has 3 rings (SSSR count). The third kappa shape index (κ3) is 3.54. The average molecular weight is 407 g/mol. The number of hydrogen-bond donors (Lipinski definition) is 0. The van der Waals surface area contributed by atoms with Gasteiger partial charge in [0.25, 0.3) is 5.91 Å². The predicted octanol–water partition coefficient (Wildman–Crippen LogP) is 5.21. The Morgan fingerprint density at radius 1 is 1.30 bits per heavy atom. The Bertz CT molecular complexity index is 827. The first-order valence-corrected chi connectivity index (χ1v) is 9.60. The van der Waals surface area contributed by atoms with Crippen LogP contribution in [-0.2, 0) is 6.54 Å². The molecule has 2 aromatic heterocycles. The predicted molar refractivity (Wildman–Crippen MR) is 100 cm³/mol. The van der Waals surface area contributed by atoms with Crippen LogP contribution in [0, 0.1) is 6.92 Å². The molecule has 23 heavy (non-hydrogen) atoms. The fourth-order valence-electron chi connectivity index (χ4n) is 2.23. The lowest BCUT2D eigenvalue weighted by atomic mass is 10.2. The largest absolute Gasteiger partial charge is 0.337 e. The Labute approximate surface area is 151 Å². The van der Waals surface area contributed by atoms with Crippen LogP contribution >= 0.6 is 38.6 Å². The monoisotopic (exact) mass is 406 g/mol. The second-order valence-electron chi connectivity index (χ2n) is 5.20. The maximum absolute atomic E-state index is 12.7. The number of halogens is 1. The fraction of sp³-hybridized carbons (Fsp3) is 0.176. The average Bonchev–Trinajstić information content (AvgIpc) is 3.18. The molecule has 6 heteroatoms. The number of carbonyl (C=O) groups is 1. The van der Waals surface area contributed by atoms with Crippen molar-refractivity contribution in [3.63, 3.8) is 0 Å². The molecule has 2 heterocycles. The van der Waals surface area contributed by atoms with Crippen LogP contribution in [0.1, 0.15) is 20.9 Å². The van der Waals surface area contributed by atoms with E-state index in [1.54, 1.807) is 16.2 Å². The lowest BCUT2D eigenvalue weighted by molar-refractivity contribution is 0.0788. The maximum Gasteiger partial charge on any atom is 0.265 e. The van der Waals surface area contributed by atoms with Gasteiger partial charge in [-0.1, -0.05) is 34.1 Å². The first kappa shape index (κ1) is 16.4. The first-order chi connectivity index (χ1) is 11.1. The summed E-state index contributed by atoms with van der Waals surface area (Å²) >= 11 is 6.62. The second kappa shape index (κ2) is 6.95. The third-order valence-electron chi connectivity index (χ3n) is 3.47. The van der Waals surface area contributed by atoms with Gasteiger partial charge >= 0.3 is 0 Å². The van der Waals surface area contributed by atoms with Crippen LogP contribution in [0.3, 0.4) is 0 Å². The van der Waals surface area contributed by atoms with Gasteiger partial charge < -0.3 is 4.90 Å². The van der Waals surface area contributed by atoms with Gasteiger partial charge in [0.05, 0.1) is 5.69 Å². The van der Waals surface area contributed by atoms with Gasteiger partial charge in [0, 0.05) is 29.0 Å². The van der Waals surface area contributed by atoms with Crippen LogP contribution < -0.4 is 0 Å². The summed E-state index contributed by atoms with van der Waals surface area (Å²) in [6, 6.07) is 9.98. The highest BCUT2D eigenvalue weighted by Gasteiger charge is 2.20. The molecule has 0 aliphatic carbocycles. The molecule has 0 aliphatic rings. The van der Waals surface area contributed by atoms with Gasteiger partial charge in [0.15, 0.2) is 0 Å². The molecule has 0 atom stereocenters. The number of aromatic nitrogens is 1. The van der Waals surface area contributed by atoms with Gasteiger partial charge in [-0.05, 0) is 30.0 Å². The Kier molecular flexibility index (Phi) is 4.94. The van der Waals surface area contributed by atoms with Crippen molar-refractivity contribution in [1.82, 2.24) is 9.88 Å². The van der Waals surface area contributed by atoms with Crippen molar-refractivity contribution in [1.29, 1.82) is 0 Å². The Hall–Kier alpha value is -1.50. The van der Waals surface area contributed by atoms with Crippen molar-refractivity contribution in [2.75, 3.05) is 7.05 Å². The zero-order valence-electron chi connectivity index (χ0n) is 12.7.